The first kappa shape index (κ1) is 17.2. The molecule has 21 heavy (non-hydrogen) atoms. The van der Waals surface area contributed by atoms with E-state index in [0.29, 0.717) is 19.1 Å². The summed E-state index contributed by atoms with van der Waals surface area (Å²) >= 11 is 0. The monoisotopic (exact) mass is 308 g/mol. The van der Waals surface area contributed by atoms with Crippen molar-refractivity contribution in [3.05, 3.63) is 33.9 Å². The Hall–Kier alpha value is -1.87. The van der Waals surface area contributed by atoms with Gasteiger partial charge in [0, 0.05) is 31.0 Å². The quantitative estimate of drug-likeness (QED) is 0.438. The molecule has 118 valence electrons. The Labute approximate surface area is 118 Å². The first-order valence-corrected chi connectivity index (χ1v) is 6.14. The lowest BCUT2D eigenvalue weighted by Crippen LogP contribution is -2.13. The zero-order chi connectivity index (χ0) is 15.9. The lowest BCUT2D eigenvalue weighted by atomic mass is 10.1. The highest BCUT2D eigenvalue weighted by atomic mass is 19.4. The van der Waals surface area contributed by atoms with Gasteiger partial charge in [0.15, 0.2) is 0 Å². The lowest BCUT2D eigenvalue weighted by molar-refractivity contribution is -0.385. The van der Waals surface area contributed by atoms with Crippen molar-refractivity contribution < 1.29 is 27.9 Å². The second-order valence-corrected chi connectivity index (χ2v) is 4.10. The average Bonchev–Trinajstić information content (AvgIpc) is 2.41. The zero-order valence-electron chi connectivity index (χ0n) is 11.0. The molecule has 6 nitrogen and oxygen atoms in total. The molecule has 1 aromatic rings. The molecule has 0 unspecified atom stereocenters. The highest BCUT2D eigenvalue weighted by Crippen LogP contribution is 2.36. The largest absolute Gasteiger partial charge is 0.418 e. The smallest absolute Gasteiger partial charge is 0.394 e. The molecule has 0 amide bonds. The fourth-order valence-corrected chi connectivity index (χ4v) is 1.60. The van der Waals surface area contributed by atoms with E-state index in [2.05, 4.69) is 5.32 Å². The van der Waals surface area contributed by atoms with Crippen molar-refractivity contribution in [1.29, 1.82) is 0 Å². The Morgan fingerprint density at radius 2 is 2.05 bits per heavy atom. The third kappa shape index (κ3) is 5.56. The molecule has 0 spiro atoms. The summed E-state index contributed by atoms with van der Waals surface area (Å²) in [5.41, 5.74) is -1.90. The van der Waals surface area contributed by atoms with Crippen molar-refractivity contribution in [2.24, 2.45) is 0 Å². The maximum Gasteiger partial charge on any atom is 0.418 e. The van der Waals surface area contributed by atoms with Crippen molar-refractivity contribution in [2.45, 2.75) is 12.6 Å². The van der Waals surface area contributed by atoms with Crippen molar-refractivity contribution in [2.75, 3.05) is 31.7 Å². The number of nitro groups is 1. The number of aliphatic hydroxyl groups is 1. The molecular weight excluding hydrogens is 293 g/mol. The molecule has 0 atom stereocenters. The van der Waals surface area contributed by atoms with Crippen LogP contribution in [-0.4, -0.2) is 36.4 Å². The number of nitrogens with one attached hydrogen (secondary N) is 1. The van der Waals surface area contributed by atoms with Crippen molar-refractivity contribution in [1.82, 2.24) is 0 Å². The second kappa shape index (κ2) is 7.79. The molecule has 1 aromatic carbocycles. The molecule has 0 bridgehead atoms. The number of rotatable bonds is 8. The van der Waals surface area contributed by atoms with Crippen LogP contribution in [0.2, 0.25) is 0 Å². The standard InChI is InChI=1S/C12H15F3N2O4/c13-12(14,15)10-8-9(17(19)20)2-3-11(10)16-4-1-6-21-7-5-18/h2-3,8,16,18H,1,4-7H2. The summed E-state index contributed by atoms with van der Waals surface area (Å²) in [6.07, 6.45) is -4.24. The van der Waals surface area contributed by atoms with Gasteiger partial charge in [-0.25, -0.2) is 0 Å². The molecule has 0 aromatic heterocycles. The normalized spacial score (nSPS) is 11.4. The Morgan fingerprint density at radius 3 is 2.62 bits per heavy atom. The molecule has 0 aliphatic rings. The summed E-state index contributed by atoms with van der Waals surface area (Å²) in [6.45, 7) is 0.563. The third-order valence-electron chi connectivity index (χ3n) is 2.54. The number of halogens is 3. The van der Waals surface area contributed by atoms with Crippen LogP contribution in [0.15, 0.2) is 18.2 Å². The lowest BCUT2D eigenvalue weighted by Gasteiger charge is -2.14. The highest BCUT2D eigenvalue weighted by molar-refractivity contribution is 5.57. The molecule has 9 heteroatoms. The van der Waals surface area contributed by atoms with Crippen LogP contribution in [0.25, 0.3) is 0 Å². The van der Waals surface area contributed by atoms with Crippen LogP contribution in [0, 0.1) is 10.1 Å². The van der Waals surface area contributed by atoms with Crippen molar-refractivity contribution in [3.63, 3.8) is 0 Å². The van der Waals surface area contributed by atoms with E-state index in [1.54, 1.807) is 0 Å². The van der Waals surface area contributed by atoms with Gasteiger partial charge in [0.2, 0.25) is 0 Å². The van der Waals surface area contributed by atoms with E-state index in [4.69, 9.17) is 9.84 Å². The van der Waals surface area contributed by atoms with Crippen molar-refractivity contribution >= 4 is 11.4 Å². The van der Waals surface area contributed by atoms with Gasteiger partial charge in [0.05, 0.1) is 23.7 Å². The Kier molecular flexibility index (Phi) is 6.38. The van der Waals surface area contributed by atoms with Crippen LogP contribution < -0.4 is 5.32 Å². The van der Waals surface area contributed by atoms with Crippen molar-refractivity contribution in [3.8, 4) is 0 Å². The molecule has 1 rings (SSSR count). The number of benzene rings is 1. The van der Waals surface area contributed by atoms with Gasteiger partial charge in [-0.2, -0.15) is 13.2 Å². The minimum atomic E-state index is -4.68. The molecule has 0 radical (unpaired) electrons. The molecule has 0 aliphatic heterocycles. The van der Waals surface area contributed by atoms with E-state index in [9.17, 15) is 23.3 Å². The van der Waals surface area contributed by atoms with Crippen LogP contribution in [0.5, 0.6) is 0 Å². The topological polar surface area (TPSA) is 84.6 Å². The SMILES string of the molecule is O=[N+]([O-])c1ccc(NCCCOCCO)c(C(F)(F)F)c1. The fourth-order valence-electron chi connectivity index (χ4n) is 1.60. The van der Waals surface area contributed by atoms with Crippen LogP contribution >= 0.6 is 0 Å². The number of nitro benzene ring substituents is 1. The molecule has 0 saturated heterocycles. The first-order chi connectivity index (χ1) is 9.86. The number of hydrogen-bond donors (Lipinski definition) is 2. The first-order valence-electron chi connectivity index (χ1n) is 6.14. The van der Waals surface area contributed by atoms with E-state index < -0.39 is 22.4 Å². The van der Waals surface area contributed by atoms with E-state index in [0.717, 1.165) is 12.1 Å². The van der Waals surface area contributed by atoms with Gasteiger partial charge in [0.25, 0.3) is 5.69 Å². The maximum atomic E-state index is 12.9. The van der Waals surface area contributed by atoms with Gasteiger partial charge in [-0.05, 0) is 12.5 Å². The second-order valence-electron chi connectivity index (χ2n) is 4.10. The van der Waals surface area contributed by atoms with E-state index in [-0.39, 0.29) is 25.4 Å². The number of nitrogens with zero attached hydrogens (tertiary/aromatic N) is 1. The summed E-state index contributed by atoms with van der Waals surface area (Å²) in [6, 6.07) is 2.56. The van der Waals surface area contributed by atoms with Gasteiger partial charge in [-0.15, -0.1) is 0 Å². The van der Waals surface area contributed by atoms with Gasteiger partial charge in [0.1, 0.15) is 0 Å². The van der Waals surface area contributed by atoms with Crippen LogP contribution in [-0.2, 0) is 10.9 Å². The van der Waals surface area contributed by atoms with Gasteiger partial charge < -0.3 is 15.2 Å². The molecule has 0 fully saturated rings. The van der Waals surface area contributed by atoms with Gasteiger partial charge in [-0.1, -0.05) is 0 Å². The zero-order valence-corrected chi connectivity index (χ0v) is 11.0. The molecule has 0 heterocycles. The maximum absolute atomic E-state index is 12.9. The number of ether oxygens (including phenoxy) is 1. The fraction of sp³-hybridized carbons (Fsp3) is 0.500. The Morgan fingerprint density at radius 1 is 1.33 bits per heavy atom. The van der Waals surface area contributed by atoms with Gasteiger partial charge in [-0.3, -0.25) is 10.1 Å². The Balaban J connectivity index is 2.70. The van der Waals surface area contributed by atoms with E-state index in [1.165, 1.54) is 0 Å². The predicted molar refractivity (Wildman–Crippen MR) is 69.1 cm³/mol. The number of alkyl halides is 3. The van der Waals surface area contributed by atoms with E-state index >= 15 is 0 Å². The minimum Gasteiger partial charge on any atom is -0.394 e. The number of anilines is 1. The van der Waals surface area contributed by atoms with Crippen LogP contribution in [0.3, 0.4) is 0 Å². The molecular formula is C12H15F3N2O4. The Bertz CT molecular complexity index is 480. The van der Waals surface area contributed by atoms with Gasteiger partial charge >= 0.3 is 6.18 Å². The summed E-state index contributed by atoms with van der Waals surface area (Å²) < 4.78 is 43.5. The minimum absolute atomic E-state index is 0.117. The summed E-state index contributed by atoms with van der Waals surface area (Å²) in [5.74, 6) is 0. The summed E-state index contributed by atoms with van der Waals surface area (Å²) in [7, 11) is 0. The number of non-ortho nitro benzene ring substituents is 1. The summed E-state index contributed by atoms with van der Waals surface area (Å²) in [5, 5.41) is 21.6. The molecule has 2 N–H and O–H groups in total. The predicted octanol–water partition coefficient (Wildman–Crippen LogP) is 2.42. The molecule has 0 aliphatic carbocycles. The number of aliphatic hydroxyl groups excluding tert-OH is 1. The van der Waals surface area contributed by atoms with Crippen LogP contribution in [0.4, 0.5) is 24.5 Å². The summed E-state index contributed by atoms with van der Waals surface area (Å²) in [4.78, 5) is 9.66. The van der Waals surface area contributed by atoms with Crippen LogP contribution in [0.1, 0.15) is 12.0 Å². The average molecular weight is 308 g/mol. The third-order valence-corrected chi connectivity index (χ3v) is 2.54. The number of hydrogen-bond acceptors (Lipinski definition) is 5. The van der Waals surface area contributed by atoms with E-state index in [1.807, 2.05) is 0 Å². The molecule has 0 saturated carbocycles. The highest BCUT2D eigenvalue weighted by Gasteiger charge is 2.35.